The topological polar surface area (TPSA) is 40.5 Å². The Kier molecular flexibility index (Phi) is 3.88. The van der Waals surface area contributed by atoms with Gasteiger partial charge in [0.25, 0.3) is 0 Å². The summed E-state index contributed by atoms with van der Waals surface area (Å²) in [5, 5.41) is 2.32. The maximum atomic E-state index is 4.87. The summed E-state index contributed by atoms with van der Waals surface area (Å²) < 4.78 is 0. The van der Waals surface area contributed by atoms with Crippen LogP contribution in [0.15, 0.2) is 52.6 Å². The molecule has 4 rings (SSSR count). The first kappa shape index (κ1) is 17.7. The van der Waals surface area contributed by atoms with Gasteiger partial charge in [0.2, 0.25) is 0 Å². The molecule has 1 aromatic heterocycles. The van der Waals surface area contributed by atoms with Crippen molar-refractivity contribution in [2.24, 2.45) is 9.98 Å². The molecule has 0 saturated heterocycles. The van der Waals surface area contributed by atoms with Gasteiger partial charge in [0.1, 0.15) is 5.82 Å². The molecule has 1 N–H and O–H groups in total. The van der Waals surface area contributed by atoms with E-state index < -0.39 is 0 Å². The van der Waals surface area contributed by atoms with Gasteiger partial charge < -0.3 is 4.98 Å². The minimum absolute atomic E-state index is 0.102. The molecule has 0 aliphatic carbocycles. The molecule has 3 aromatic rings. The zero-order chi connectivity index (χ0) is 19.4. The van der Waals surface area contributed by atoms with Gasteiger partial charge in [-0.15, -0.1) is 0 Å². The molecule has 138 valence electrons. The predicted molar refractivity (Wildman–Crippen MR) is 116 cm³/mol. The molecule has 2 aromatic carbocycles. The summed E-state index contributed by atoms with van der Waals surface area (Å²) in [6.45, 7) is 13.4. The quantitative estimate of drug-likeness (QED) is 0.533. The summed E-state index contributed by atoms with van der Waals surface area (Å²) in [4.78, 5) is 12.8. The molecule has 0 unspecified atom stereocenters. The summed E-state index contributed by atoms with van der Waals surface area (Å²) in [7, 11) is 0. The number of nitrogens with one attached hydrogen (secondary N) is 1. The summed E-state index contributed by atoms with van der Waals surface area (Å²) in [6, 6.07) is 13.2. The molecule has 1 aliphatic rings. The number of H-pyrrole nitrogens is 1. The van der Waals surface area contributed by atoms with Gasteiger partial charge in [-0.05, 0) is 34.1 Å². The van der Waals surface area contributed by atoms with E-state index in [1.807, 2.05) is 12.4 Å². The van der Waals surface area contributed by atoms with Crippen molar-refractivity contribution in [3.05, 3.63) is 64.8 Å². The molecule has 3 nitrogen and oxygen atoms in total. The summed E-state index contributed by atoms with van der Waals surface area (Å²) >= 11 is 0. The van der Waals surface area contributed by atoms with Gasteiger partial charge in [0, 0.05) is 34.3 Å². The lowest BCUT2D eigenvalue weighted by atomic mass is 9.85. The van der Waals surface area contributed by atoms with Gasteiger partial charge in [-0.1, -0.05) is 65.8 Å². The fourth-order valence-electron chi connectivity index (χ4n) is 3.40. The maximum absolute atomic E-state index is 4.87. The van der Waals surface area contributed by atoms with Gasteiger partial charge in [0.15, 0.2) is 5.84 Å². The van der Waals surface area contributed by atoms with E-state index in [9.17, 15) is 0 Å². The Bertz CT molecular complexity index is 1080. The highest BCUT2D eigenvalue weighted by atomic mass is 15.0. The van der Waals surface area contributed by atoms with Crippen LogP contribution in [0.2, 0.25) is 0 Å². The maximum Gasteiger partial charge on any atom is 0.162 e. The highest BCUT2D eigenvalue weighted by molar-refractivity contribution is 6.16. The molecule has 0 amide bonds. The minimum atomic E-state index is 0.102. The number of hydrogen-bond donors (Lipinski definition) is 1. The number of aliphatic imine (C=N–C) groups is 2. The number of fused-ring (bicyclic) bond motifs is 2. The Labute approximate surface area is 161 Å². The highest BCUT2D eigenvalue weighted by Gasteiger charge is 2.20. The third kappa shape index (κ3) is 3.23. The molecule has 2 heterocycles. The molecule has 27 heavy (non-hydrogen) atoms. The van der Waals surface area contributed by atoms with E-state index >= 15 is 0 Å². The highest BCUT2D eigenvalue weighted by Crippen LogP contribution is 2.32. The van der Waals surface area contributed by atoms with Crippen LogP contribution in [0.25, 0.3) is 10.8 Å². The fraction of sp³-hybridized carbons (Fsp3) is 0.333. The van der Waals surface area contributed by atoms with Crippen LogP contribution in [0.3, 0.4) is 0 Å². The van der Waals surface area contributed by atoms with Crippen LogP contribution >= 0.6 is 0 Å². The second-order valence-corrected chi connectivity index (χ2v) is 9.43. The van der Waals surface area contributed by atoms with Crippen LogP contribution in [-0.4, -0.2) is 17.0 Å². The van der Waals surface area contributed by atoms with Gasteiger partial charge >= 0.3 is 0 Å². The van der Waals surface area contributed by atoms with E-state index in [0.717, 1.165) is 28.2 Å². The molecule has 0 spiro atoms. The van der Waals surface area contributed by atoms with Crippen LogP contribution in [-0.2, 0) is 10.8 Å². The third-order valence-electron chi connectivity index (χ3n) is 5.24. The zero-order valence-electron chi connectivity index (χ0n) is 17.0. The SMILES string of the molecule is CC(C)(C)c1ccc2c(c1)/C(=N/c1[nH]cc3cc(C(C)(C)C)ccc13)N=C2. The van der Waals surface area contributed by atoms with Crippen molar-refractivity contribution in [3.63, 3.8) is 0 Å². The van der Waals surface area contributed by atoms with E-state index in [1.165, 1.54) is 16.5 Å². The van der Waals surface area contributed by atoms with E-state index in [4.69, 9.17) is 4.99 Å². The van der Waals surface area contributed by atoms with Crippen molar-refractivity contribution >= 4 is 28.6 Å². The molecule has 0 atom stereocenters. The number of aromatic amines is 1. The van der Waals surface area contributed by atoms with Crippen molar-refractivity contribution in [2.75, 3.05) is 0 Å². The van der Waals surface area contributed by atoms with Crippen LogP contribution in [0.4, 0.5) is 5.82 Å². The van der Waals surface area contributed by atoms with Gasteiger partial charge in [-0.3, -0.25) is 0 Å². The smallest absolute Gasteiger partial charge is 0.162 e. The molecule has 0 bridgehead atoms. The summed E-state index contributed by atoms with van der Waals surface area (Å²) in [6.07, 6.45) is 3.94. The summed E-state index contributed by atoms with van der Waals surface area (Å²) in [5.74, 6) is 1.64. The number of rotatable bonds is 1. The monoisotopic (exact) mass is 357 g/mol. The average Bonchev–Trinajstić information content (AvgIpc) is 3.17. The van der Waals surface area contributed by atoms with Gasteiger partial charge in [0.05, 0.1) is 0 Å². The van der Waals surface area contributed by atoms with Crippen LogP contribution in [0.1, 0.15) is 63.8 Å². The molecule has 0 fully saturated rings. The Hall–Kier alpha value is -2.68. The van der Waals surface area contributed by atoms with Gasteiger partial charge in [-0.25, -0.2) is 9.98 Å². The molecular weight excluding hydrogens is 330 g/mol. The predicted octanol–water partition coefficient (Wildman–Crippen LogP) is 6.27. The number of amidine groups is 1. The molecule has 0 radical (unpaired) electrons. The molecule has 3 heteroatoms. The molecular formula is C24H27N3. The average molecular weight is 358 g/mol. The van der Waals surface area contributed by atoms with Crippen LogP contribution < -0.4 is 0 Å². The van der Waals surface area contributed by atoms with Crippen molar-refractivity contribution in [2.45, 2.75) is 52.4 Å². The van der Waals surface area contributed by atoms with Crippen molar-refractivity contribution < 1.29 is 0 Å². The standard InChI is InChI=1S/C24H27N3/c1-23(2,3)17-9-10-19-16(11-17)14-26-21(19)27-22-20-12-18(24(4,5)6)8-7-15(20)13-25-22/h7-14,26H,1-6H3/b27-22-. The summed E-state index contributed by atoms with van der Waals surface area (Å²) in [5.41, 5.74) is 5.10. The van der Waals surface area contributed by atoms with Crippen molar-refractivity contribution in [1.29, 1.82) is 0 Å². The normalized spacial score (nSPS) is 15.7. The lowest BCUT2D eigenvalue weighted by molar-refractivity contribution is 0.590. The second kappa shape index (κ2) is 5.91. The van der Waals surface area contributed by atoms with E-state index in [-0.39, 0.29) is 10.8 Å². The van der Waals surface area contributed by atoms with Crippen LogP contribution in [0.5, 0.6) is 0 Å². The van der Waals surface area contributed by atoms with E-state index in [1.54, 1.807) is 0 Å². The van der Waals surface area contributed by atoms with Gasteiger partial charge in [-0.2, -0.15) is 0 Å². The number of hydrogen-bond acceptors (Lipinski definition) is 1. The Balaban J connectivity index is 1.77. The van der Waals surface area contributed by atoms with Crippen LogP contribution in [0, 0.1) is 0 Å². The third-order valence-corrected chi connectivity index (χ3v) is 5.24. The first-order chi connectivity index (χ1) is 12.6. The number of benzene rings is 2. The lowest BCUT2D eigenvalue weighted by Gasteiger charge is -2.19. The first-order valence-electron chi connectivity index (χ1n) is 9.52. The molecule has 1 aliphatic heterocycles. The number of aromatic nitrogens is 1. The van der Waals surface area contributed by atoms with Crippen molar-refractivity contribution in [1.82, 2.24) is 4.98 Å². The Morgan fingerprint density at radius 2 is 1.52 bits per heavy atom. The largest absolute Gasteiger partial charge is 0.345 e. The van der Waals surface area contributed by atoms with Crippen molar-refractivity contribution in [3.8, 4) is 0 Å². The number of nitrogens with zero attached hydrogens (tertiary/aromatic N) is 2. The zero-order valence-corrected chi connectivity index (χ0v) is 17.0. The minimum Gasteiger partial charge on any atom is -0.345 e. The van der Waals surface area contributed by atoms with E-state index in [2.05, 4.69) is 87.9 Å². The Morgan fingerprint density at radius 3 is 2.22 bits per heavy atom. The fourth-order valence-corrected chi connectivity index (χ4v) is 3.40. The van der Waals surface area contributed by atoms with E-state index in [0.29, 0.717) is 0 Å². The lowest BCUT2D eigenvalue weighted by Crippen LogP contribution is -2.12. The molecule has 0 saturated carbocycles. The second-order valence-electron chi connectivity index (χ2n) is 9.43. The first-order valence-corrected chi connectivity index (χ1v) is 9.52. The Morgan fingerprint density at radius 1 is 0.852 bits per heavy atom.